The van der Waals surface area contributed by atoms with E-state index in [9.17, 15) is 0 Å². The van der Waals surface area contributed by atoms with Gasteiger partial charge in [-0.2, -0.15) is 0 Å². The van der Waals surface area contributed by atoms with Crippen LogP contribution in [0.25, 0.3) is 0 Å². The van der Waals surface area contributed by atoms with Gasteiger partial charge >= 0.3 is 8.56 Å². The van der Waals surface area contributed by atoms with Gasteiger partial charge in [0, 0.05) is 0 Å². The van der Waals surface area contributed by atoms with E-state index in [0.717, 1.165) is 12.1 Å². The van der Waals surface area contributed by atoms with Gasteiger partial charge in [0.15, 0.2) is 0 Å². The Morgan fingerprint density at radius 3 is 1.40 bits per heavy atom. The standard InChI is InChI=1S/C10H28O5Si5/c1-2-4-6-8-10-20(9-7-5-3-1)14-18-12-16-11-17-13-19-15-20/h1-10,16-19H2. The Hall–Kier alpha value is 0.884. The zero-order valence-corrected chi connectivity index (χ0v) is 19.1. The molecule has 0 unspecified atom stereocenters. The molecule has 2 heterocycles. The lowest BCUT2D eigenvalue weighted by atomic mass is 10.1. The van der Waals surface area contributed by atoms with Crippen molar-refractivity contribution in [2.24, 2.45) is 0 Å². The van der Waals surface area contributed by atoms with E-state index < -0.39 is 48.6 Å². The summed E-state index contributed by atoms with van der Waals surface area (Å²) in [6.45, 7) is 0. The molecule has 10 heteroatoms. The molecule has 0 aromatic rings. The summed E-state index contributed by atoms with van der Waals surface area (Å²) >= 11 is 0. The number of hydrogen-bond acceptors (Lipinski definition) is 5. The van der Waals surface area contributed by atoms with Crippen LogP contribution in [-0.2, 0) is 20.6 Å². The molecule has 2 aliphatic rings. The minimum absolute atomic E-state index is 0.809. The quantitative estimate of drug-likeness (QED) is 0.547. The second-order valence-corrected chi connectivity index (χ2v) is 16.6. The van der Waals surface area contributed by atoms with E-state index in [2.05, 4.69) is 0 Å². The molecule has 20 heavy (non-hydrogen) atoms. The number of rotatable bonds is 0. The van der Waals surface area contributed by atoms with E-state index in [0.29, 0.717) is 0 Å². The Balaban J connectivity index is 1.91. The Kier molecular flexibility index (Phi) is 9.12. The molecule has 0 aromatic carbocycles. The van der Waals surface area contributed by atoms with Crippen LogP contribution in [-0.4, -0.2) is 48.6 Å². The van der Waals surface area contributed by atoms with Gasteiger partial charge in [-0.1, -0.05) is 51.4 Å². The topological polar surface area (TPSA) is 46.2 Å². The van der Waals surface area contributed by atoms with Gasteiger partial charge in [0.2, 0.25) is 0 Å². The molecule has 0 atom stereocenters. The first kappa shape index (κ1) is 17.2. The van der Waals surface area contributed by atoms with Crippen molar-refractivity contribution in [3.05, 3.63) is 0 Å². The third-order valence-electron chi connectivity index (χ3n) is 4.01. The molecule has 2 aliphatic heterocycles. The molecule has 0 aliphatic carbocycles. The first-order valence-corrected chi connectivity index (χ1v) is 14.8. The van der Waals surface area contributed by atoms with Crippen molar-refractivity contribution in [3.63, 3.8) is 0 Å². The van der Waals surface area contributed by atoms with Gasteiger partial charge in [-0.05, 0) is 12.1 Å². The number of hydrogen-bond donors (Lipinski definition) is 0. The van der Waals surface area contributed by atoms with Crippen molar-refractivity contribution in [1.29, 1.82) is 0 Å². The molecular weight excluding hydrogens is 341 g/mol. The van der Waals surface area contributed by atoms with Gasteiger partial charge in [-0.15, -0.1) is 0 Å². The first-order valence-electron chi connectivity index (χ1n) is 7.92. The molecule has 5 nitrogen and oxygen atoms in total. The van der Waals surface area contributed by atoms with Gasteiger partial charge in [0.25, 0.3) is 40.0 Å². The van der Waals surface area contributed by atoms with Crippen LogP contribution in [0.3, 0.4) is 0 Å². The van der Waals surface area contributed by atoms with Crippen LogP contribution in [0, 0.1) is 0 Å². The minimum atomic E-state index is -2.00. The zero-order valence-electron chi connectivity index (χ0n) is 12.4. The van der Waals surface area contributed by atoms with Crippen LogP contribution < -0.4 is 0 Å². The van der Waals surface area contributed by atoms with E-state index in [1.807, 2.05) is 0 Å². The molecular formula is C10H28O5Si5. The zero-order chi connectivity index (χ0) is 13.9. The van der Waals surface area contributed by atoms with Gasteiger partial charge in [-0.25, -0.2) is 0 Å². The predicted octanol–water partition coefficient (Wildman–Crippen LogP) is -0.345. The lowest BCUT2D eigenvalue weighted by Crippen LogP contribution is -2.46. The molecule has 0 radical (unpaired) electrons. The average molecular weight is 369 g/mol. The van der Waals surface area contributed by atoms with Crippen LogP contribution in [0.5, 0.6) is 0 Å². The van der Waals surface area contributed by atoms with E-state index >= 15 is 0 Å². The van der Waals surface area contributed by atoms with Crippen molar-refractivity contribution < 1.29 is 20.6 Å². The summed E-state index contributed by atoms with van der Waals surface area (Å²) in [6.07, 6.45) is 10.7. The fraction of sp³-hybridized carbons (Fsp3) is 1.00. The summed E-state index contributed by atoms with van der Waals surface area (Å²) < 4.78 is 29.3. The van der Waals surface area contributed by atoms with E-state index in [1.165, 1.54) is 51.4 Å². The van der Waals surface area contributed by atoms with Gasteiger partial charge < -0.3 is 20.6 Å². The fourth-order valence-corrected chi connectivity index (χ4v) is 15.8. The Morgan fingerprint density at radius 2 is 0.900 bits per heavy atom. The Morgan fingerprint density at radius 1 is 0.500 bits per heavy atom. The summed E-state index contributed by atoms with van der Waals surface area (Å²) in [4.78, 5) is 0. The van der Waals surface area contributed by atoms with Crippen LogP contribution in [0.2, 0.25) is 12.1 Å². The van der Waals surface area contributed by atoms with Crippen molar-refractivity contribution in [3.8, 4) is 0 Å². The van der Waals surface area contributed by atoms with E-state index in [1.54, 1.807) is 0 Å². The Bertz CT molecular complexity index is 236. The molecule has 118 valence electrons. The van der Waals surface area contributed by atoms with Gasteiger partial charge in [0.05, 0.1) is 0 Å². The highest BCUT2D eigenvalue weighted by Crippen LogP contribution is 2.27. The fourth-order valence-electron chi connectivity index (χ4n) is 2.82. The highest BCUT2D eigenvalue weighted by Gasteiger charge is 2.36. The smallest absolute Gasteiger partial charge is 0.319 e. The van der Waals surface area contributed by atoms with Crippen molar-refractivity contribution >= 4 is 48.6 Å². The first-order chi connectivity index (χ1) is 9.91. The normalized spacial score (nSPS) is 32.4. The SMILES string of the molecule is C1CCCCC[Si]2(CCCC1)O[SiH2]O[SiH2]O[SiH2]O[SiH2]O2. The monoisotopic (exact) mass is 368 g/mol. The van der Waals surface area contributed by atoms with E-state index in [-0.39, 0.29) is 0 Å². The maximum absolute atomic E-state index is 6.28. The molecule has 0 amide bonds. The lowest BCUT2D eigenvalue weighted by Gasteiger charge is -2.32. The van der Waals surface area contributed by atoms with Crippen LogP contribution in [0.1, 0.15) is 51.4 Å². The van der Waals surface area contributed by atoms with Crippen LogP contribution >= 0.6 is 0 Å². The van der Waals surface area contributed by atoms with Crippen molar-refractivity contribution in [2.75, 3.05) is 0 Å². The van der Waals surface area contributed by atoms with Crippen LogP contribution in [0.15, 0.2) is 0 Å². The summed E-state index contributed by atoms with van der Waals surface area (Å²) in [6, 6.07) is 2.31. The van der Waals surface area contributed by atoms with Gasteiger partial charge in [0.1, 0.15) is 0 Å². The molecule has 0 saturated carbocycles. The third-order valence-corrected chi connectivity index (χ3v) is 15.4. The lowest BCUT2D eigenvalue weighted by molar-refractivity contribution is 0.306. The molecule has 2 rings (SSSR count). The largest absolute Gasteiger partial charge is 0.425 e. The summed E-state index contributed by atoms with van der Waals surface area (Å²) in [7, 11) is -5.38. The highest BCUT2D eigenvalue weighted by atomic mass is 28.5. The minimum Gasteiger partial charge on any atom is -0.425 e. The molecule has 1 spiro atoms. The maximum atomic E-state index is 6.28. The summed E-state index contributed by atoms with van der Waals surface area (Å²) in [5.74, 6) is 0. The third kappa shape index (κ3) is 6.76. The second-order valence-electron chi connectivity index (χ2n) is 5.61. The predicted molar refractivity (Wildman–Crippen MR) is 91.9 cm³/mol. The van der Waals surface area contributed by atoms with Gasteiger partial charge in [-0.3, -0.25) is 0 Å². The second kappa shape index (κ2) is 10.6. The Labute approximate surface area is 132 Å². The summed E-state index contributed by atoms with van der Waals surface area (Å²) in [5.41, 5.74) is 0. The van der Waals surface area contributed by atoms with E-state index in [4.69, 9.17) is 20.6 Å². The molecule has 2 fully saturated rings. The van der Waals surface area contributed by atoms with Crippen molar-refractivity contribution in [2.45, 2.75) is 63.5 Å². The van der Waals surface area contributed by atoms with Crippen LogP contribution in [0.4, 0.5) is 0 Å². The molecule has 0 aromatic heterocycles. The maximum Gasteiger partial charge on any atom is 0.319 e. The average Bonchev–Trinajstić information content (AvgIpc) is 2.52. The molecule has 0 bridgehead atoms. The highest BCUT2D eigenvalue weighted by molar-refractivity contribution is 6.75. The summed E-state index contributed by atoms with van der Waals surface area (Å²) in [5, 5.41) is 0. The molecule has 0 N–H and O–H groups in total. The molecule has 2 saturated heterocycles. The van der Waals surface area contributed by atoms with Crippen molar-refractivity contribution in [1.82, 2.24) is 0 Å².